The van der Waals surface area contributed by atoms with Gasteiger partial charge in [0.1, 0.15) is 0 Å². The summed E-state index contributed by atoms with van der Waals surface area (Å²) in [6.45, 7) is 8.10. The third-order valence-corrected chi connectivity index (χ3v) is 3.88. The van der Waals surface area contributed by atoms with Crippen LogP contribution < -0.4 is 10.6 Å². The molecule has 2 amide bonds. The zero-order valence-corrected chi connectivity index (χ0v) is 13.8. The van der Waals surface area contributed by atoms with Gasteiger partial charge < -0.3 is 15.5 Å². The number of hydrogen-bond acceptors (Lipinski definition) is 3. The van der Waals surface area contributed by atoms with Crippen LogP contribution in [0.4, 0.5) is 0 Å². The maximum atomic E-state index is 12.0. The summed E-state index contributed by atoms with van der Waals surface area (Å²) in [6, 6.07) is 0.532. The van der Waals surface area contributed by atoms with Crippen LogP contribution in [0, 0.1) is 0 Å². The fraction of sp³-hybridized carbons (Fsp3) is 0.875. The van der Waals surface area contributed by atoms with Gasteiger partial charge in [0.25, 0.3) is 0 Å². The van der Waals surface area contributed by atoms with Crippen molar-refractivity contribution in [2.45, 2.75) is 71.4 Å². The first kappa shape index (κ1) is 18.0. The lowest BCUT2D eigenvalue weighted by molar-refractivity contribution is -0.132. The topological polar surface area (TPSA) is 61.4 Å². The molecule has 0 saturated carbocycles. The largest absolute Gasteiger partial charge is 0.352 e. The average Bonchev–Trinajstić information content (AvgIpc) is 2.46. The number of rotatable bonds is 8. The molecule has 1 rings (SSSR count). The van der Waals surface area contributed by atoms with E-state index in [0.29, 0.717) is 19.0 Å². The Labute approximate surface area is 128 Å². The zero-order valence-electron chi connectivity index (χ0n) is 13.8. The van der Waals surface area contributed by atoms with Crippen LogP contribution in [0.15, 0.2) is 0 Å². The Morgan fingerprint density at radius 1 is 1.19 bits per heavy atom. The first-order valence-electron chi connectivity index (χ1n) is 8.33. The molecule has 0 unspecified atom stereocenters. The number of amides is 2. The summed E-state index contributed by atoms with van der Waals surface area (Å²) in [7, 11) is 0. The normalized spacial score (nSPS) is 16.3. The molecule has 0 aromatic rings. The van der Waals surface area contributed by atoms with E-state index in [1.54, 1.807) is 0 Å². The van der Waals surface area contributed by atoms with E-state index in [-0.39, 0.29) is 17.9 Å². The van der Waals surface area contributed by atoms with Crippen molar-refractivity contribution in [1.29, 1.82) is 0 Å². The van der Waals surface area contributed by atoms with Crippen LogP contribution in [-0.2, 0) is 9.59 Å². The molecule has 2 N–H and O–H groups in total. The highest BCUT2D eigenvalue weighted by Crippen LogP contribution is 2.13. The van der Waals surface area contributed by atoms with Gasteiger partial charge in [0.05, 0.1) is 6.54 Å². The second kappa shape index (κ2) is 9.77. The maximum Gasteiger partial charge on any atom is 0.234 e. The Balaban J connectivity index is 2.19. The van der Waals surface area contributed by atoms with Crippen LogP contribution in [0.5, 0.6) is 0 Å². The van der Waals surface area contributed by atoms with Gasteiger partial charge in [-0.2, -0.15) is 0 Å². The minimum Gasteiger partial charge on any atom is -0.352 e. The zero-order chi connectivity index (χ0) is 15.7. The quantitative estimate of drug-likeness (QED) is 0.670. The first-order valence-corrected chi connectivity index (χ1v) is 8.33. The monoisotopic (exact) mass is 297 g/mol. The molecule has 1 heterocycles. The standard InChI is InChI=1S/C16H31N3O2/c1-4-5-6-7-16(21)19-10-8-14(9-11-19)18-15(20)12-17-13(2)3/h13-14,17H,4-12H2,1-3H3,(H,18,20). The van der Waals surface area contributed by atoms with Gasteiger partial charge in [0.2, 0.25) is 11.8 Å². The van der Waals surface area contributed by atoms with Gasteiger partial charge in [-0.15, -0.1) is 0 Å². The third-order valence-electron chi connectivity index (χ3n) is 3.88. The molecule has 5 nitrogen and oxygen atoms in total. The fourth-order valence-electron chi connectivity index (χ4n) is 2.53. The lowest BCUT2D eigenvalue weighted by Crippen LogP contribution is -2.48. The summed E-state index contributed by atoms with van der Waals surface area (Å²) >= 11 is 0. The number of nitrogens with zero attached hydrogens (tertiary/aromatic N) is 1. The number of unbranched alkanes of at least 4 members (excludes halogenated alkanes) is 2. The Kier molecular flexibility index (Phi) is 8.35. The summed E-state index contributed by atoms with van der Waals surface area (Å²) < 4.78 is 0. The molecular formula is C16H31N3O2. The molecule has 1 aliphatic heterocycles. The maximum absolute atomic E-state index is 12.0. The molecule has 0 radical (unpaired) electrons. The van der Waals surface area contributed by atoms with Gasteiger partial charge in [0.15, 0.2) is 0 Å². The van der Waals surface area contributed by atoms with Gasteiger partial charge in [0, 0.05) is 31.6 Å². The second-order valence-corrected chi connectivity index (χ2v) is 6.22. The number of nitrogens with one attached hydrogen (secondary N) is 2. The van der Waals surface area contributed by atoms with E-state index in [1.807, 2.05) is 18.7 Å². The molecule has 0 aliphatic carbocycles. The average molecular weight is 297 g/mol. The molecule has 1 aliphatic rings. The summed E-state index contributed by atoms with van der Waals surface area (Å²) in [4.78, 5) is 25.7. The Morgan fingerprint density at radius 2 is 1.86 bits per heavy atom. The third kappa shape index (κ3) is 7.46. The summed E-state index contributed by atoms with van der Waals surface area (Å²) in [5.41, 5.74) is 0. The number of carbonyl (C=O) groups is 2. The molecule has 0 atom stereocenters. The van der Waals surface area contributed by atoms with Gasteiger partial charge in [-0.25, -0.2) is 0 Å². The van der Waals surface area contributed by atoms with Gasteiger partial charge in [-0.05, 0) is 19.3 Å². The Morgan fingerprint density at radius 3 is 2.43 bits per heavy atom. The molecule has 21 heavy (non-hydrogen) atoms. The van der Waals surface area contributed by atoms with Gasteiger partial charge in [-0.1, -0.05) is 33.6 Å². The van der Waals surface area contributed by atoms with Crippen LogP contribution in [0.1, 0.15) is 59.3 Å². The van der Waals surface area contributed by atoms with Crippen LogP contribution in [0.25, 0.3) is 0 Å². The number of hydrogen-bond donors (Lipinski definition) is 2. The SMILES string of the molecule is CCCCCC(=O)N1CCC(NC(=O)CNC(C)C)CC1. The molecule has 5 heteroatoms. The van der Waals surface area contributed by atoms with Gasteiger partial charge >= 0.3 is 0 Å². The number of likely N-dealkylation sites (tertiary alicyclic amines) is 1. The highest BCUT2D eigenvalue weighted by atomic mass is 16.2. The predicted octanol–water partition coefficient (Wildman–Crippen LogP) is 1.67. The van der Waals surface area contributed by atoms with Crippen molar-refractivity contribution >= 4 is 11.8 Å². The molecule has 0 bridgehead atoms. The lowest BCUT2D eigenvalue weighted by atomic mass is 10.0. The smallest absolute Gasteiger partial charge is 0.234 e. The fourth-order valence-corrected chi connectivity index (χ4v) is 2.53. The van der Waals surface area contributed by atoms with E-state index in [9.17, 15) is 9.59 Å². The van der Waals surface area contributed by atoms with Crippen molar-refractivity contribution < 1.29 is 9.59 Å². The molecule has 1 fully saturated rings. The van der Waals surface area contributed by atoms with Crippen LogP contribution in [-0.4, -0.2) is 48.4 Å². The predicted molar refractivity (Wildman–Crippen MR) is 85.0 cm³/mol. The summed E-state index contributed by atoms with van der Waals surface area (Å²) in [5, 5.41) is 6.16. The summed E-state index contributed by atoms with van der Waals surface area (Å²) in [6.07, 6.45) is 5.67. The molecule has 1 saturated heterocycles. The number of carbonyl (C=O) groups excluding carboxylic acids is 2. The van der Waals surface area contributed by atoms with Crippen LogP contribution in [0.3, 0.4) is 0 Å². The van der Waals surface area contributed by atoms with Crippen molar-refractivity contribution in [1.82, 2.24) is 15.5 Å². The van der Waals surface area contributed by atoms with Crippen molar-refractivity contribution in [3.05, 3.63) is 0 Å². The van der Waals surface area contributed by atoms with Crippen LogP contribution >= 0.6 is 0 Å². The van der Waals surface area contributed by atoms with Gasteiger partial charge in [-0.3, -0.25) is 9.59 Å². The van der Waals surface area contributed by atoms with E-state index in [4.69, 9.17) is 0 Å². The highest BCUT2D eigenvalue weighted by Gasteiger charge is 2.23. The Hall–Kier alpha value is -1.10. The van der Waals surface area contributed by atoms with E-state index in [2.05, 4.69) is 17.6 Å². The van der Waals surface area contributed by atoms with E-state index >= 15 is 0 Å². The summed E-state index contributed by atoms with van der Waals surface area (Å²) in [5.74, 6) is 0.325. The van der Waals surface area contributed by atoms with E-state index in [1.165, 1.54) is 0 Å². The van der Waals surface area contributed by atoms with Crippen molar-refractivity contribution in [2.75, 3.05) is 19.6 Å². The van der Waals surface area contributed by atoms with Crippen LogP contribution in [0.2, 0.25) is 0 Å². The van der Waals surface area contributed by atoms with E-state index < -0.39 is 0 Å². The van der Waals surface area contributed by atoms with Crippen molar-refractivity contribution in [3.8, 4) is 0 Å². The molecule has 0 aromatic carbocycles. The molecule has 0 aromatic heterocycles. The van der Waals surface area contributed by atoms with Crippen molar-refractivity contribution in [2.24, 2.45) is 0 Å². The minimum absolute atomic E-state index is 0.0522. The minimum atomic E-state index is 0.0522. The molecule has 122 valence electrons. The Bertz CT molecular complexity index is 323. The first-order chi connectivity index (χ1) is 10.0. The molecule has 0 spiro atoms. The number of piperidine rings is 1. The lowest BCUT2D eigenvalue weighted by Gasteiger charge is -2.32. The molecular weight excluding hydrogens is 266 g/mol. The highest BCUT2D eigenvalue weighted by molar-refractivity contribution is 5.78. The van der Waals surface area contributed by atoms with Crippen molar-refractivity contribution in [3.63, 3.8) is 0 Å². The van der Waals surface area contributed by atoms with E-state index in [0.717, 1.165) is 45.2 Å². The second-order valence-electron chi connectivity index (χ2n) is 6.22.